The number of anilines is 1. The molecule has 5 nitrogen and oxygen atoms in total. The van der Waals surface area contributed by atoms with E-state index in [2.05, 4.69) is 27.2 Å². The molecule has 2 unspecified atom stereocenters. The summed E-state index contributed by atoms with van der Waals surface area (Å²) in [6, 6.07) is 20.8. The normalized spacial score (nSPS) is 15.8. The van der Waals surface area contributed by atoms with Crippen molar-refractivity contribution in [3.05, 3.63) is 94.5 Å². The summed E-state index contributed by atoms with van der Waals surface area (Å²) in [7, 11) is 0. The van der Waals surface area contributed by atoms with E-state index in [1.807, 2.05) is 43.3 Å². The molecule has 2 atom stereocenters. The van der Waals surface area contributed by atoms with Gasteiger partial charge in [-0.2, -0.15) is 13.2 Å². The Labute approximate surface area is 245 Å². The van der Waals surface area contributed by atoms with Crippen LogP contribution < -0.4 is 15.0 Å². The van der Waals surface area contributed by atoms with Gasteiger partial charge in [-0.25, -0.2) is 0 Å². The topological polar surface area (TPSA) is 48.0 Å². The van der Waals surface area contributed by atoms with Crippen molar-refractivity contribution < 1.29 is 23.0 Å². The van der Waals surface area contributed by atoms with E-state index < -0.39 is 17.8 Å². The average molecular weight is 599 g/mol. The summed E-state index contributed by atoms with van der Waals surface area (Å²) in [5, 5.41) is 14.3. The van der Waals surface area contributed by atoms with E-state index in [-0.39, 0.29) is 30.6 Å². The number of nitrogens with one attached hydrogen (secondary N) is 1. The monoisotopic (exact) mass is 597 g/mol. The van der Waals surface area contributed by atoms with Gasteiger partial charge in [0.25, 0.3) is 0 Å². The van der Waals surface area contributed by atoms with Crippen LogP contribution in [0.25, 0.3) is 0 Å². The maximum atomic E-state index is 12.9. The number of alkyl halides is 3. The molecule has 1 aliphatic heterocycles. The van der Waals surface area contributed by atoms with Crippen molar-refractivity contribution >= 4 is 29.7 Å². The van der Waals surface area contributed by atoms with E-state index in [1.54, 1.807) is 0 Å². The number of nitrogens with zero attached hydrogens (tertiary/aromatic N) is 2. The summed E-state index contributed by atoms with van der Waals surface area (Å²) in [6.07, 6.45) is -4.74. The number of aliphatic hydroxyl groups is 1. The molecule has 1 heterocycles. The van der Waals surface area contributed by atoms with E-state index in [0.29, 0.717) is 13.0 Å². The third-order valence-corrected chi connectivity index (χ3v) is 7.22. The molecule has 218 valence electrons. The summed E-state index contributed by atoms with van der Waals surface area (Å²) in [4.78, 5) is 4.77. The predicted octanol–water partition coefficient (Wildman–Crippen LogP) is 6.24. The molecule has 4 rings (SSSR count). The molecule has 1 fully saturated rings. The van der Waals surface area contributed by atoms with E-state index >= 15 is 0 Å². The van der Waals surface area contributed by atoms with Crippen molar-refractivity contribution in [2.75, 3.05) is 50.8 Å². The standard InChI is InChI=1S/C30H35ClF3N3O2.ClH/c1-22(35-21-29(38)24-3-2-4-25(20-24)30(32,33)34)19-23-5-11-28(12-6-23)39-18-17-36-13-15-37(16-14-36)27-9-7-26(31)8-10-27;/h2-12,20,22,29,35,38H,13-19,21H2,1H3;1H. The largest absolute Gasteiger partial charge is 0.492 e. The molecule has 0 amide bonds. The number of aliphatic hydroxyl groups excluding tert-OH is 1. The molecule has 0 saturated carbocycles. The van der Waals surface area contributed by atoms with Crippen LogP contribution in [0.2, 0.25) is 5.02 Å². The van der Waals surface area contributed by atoms with Crippen LogP contribution in [-0.2, 0) is 12.6 Å². The third kappa shape index (κ3) is 9.56. The third-order valence-electron chi connectivity index (χ3n) is 6.96. The van der Waals surface area contributed by atoms with Gasteiger partial charge in [-0.05, 0) is 73.0 Å². The van der Waals surface area contributed by atoms with Crippen LogP contribution in [0.1, 0.15) is 29.7 Å². The molecular formula is C30H36Cl2F3N3O2. The minimum atomic E-state index is -4.43. The minimum absolute atomic E-state index is 0. The van der Waals surface area contributed by atoms with Crippen LogP contribution in [0.3, 0.4) is 0 Å². The van der Waals surface area contributed by atoms with E-state index in [0.717, 1.165) is 61.2 Å². The first-order valence-electron chi connectivity index (χ1n) is 13.2. The number of halogens is 5. The van der Waals surface area contributed by atoms with Gasteiger partial charge in [-0.3, -0.25) is 4.90 Å². The molecule has 3 aromatic carbocycles. The van der Waals surface area contributed by atoms with Gasteiger partial charge in [-0.1, -0.05) is 35.9 Å². The van der Waals surface area contributed by atoms with Crippen molar-refractivity contribution in [3.8, 4) is 5.75 Å². The van der Waals surface area contributed by atoms with Crippen molar-refractivity contribution in [1.29, 1.82) is 0 Å². The summed E-state index contributed by atoms with van der Waals surface area (Å²) in [5.74, 6) is 0.819. The quantitative estimate of drug-likeness (QED) is 0.274. The lowest BCUT2D eigenvalue weighted by Gasteiger charge is -2.36. The molecule has 0 radical (unpaired) electrons. The van der Waals surface area contributed by atoms with Crippen LogP contribution in [0.5, 0.6) is 5.75 Å². The van der Waals surface area contributed by atoms with Crippen LogP contribution in [-0.4, -0.2) is 61.9 Å². The fraction of sp³-hybridized carbons (Fsp3) is 0.400. The second-order valence-corrected chi connectivity index (χ2v) is 10.4. The van der Waals surface area contributed by atoms with Crippen molar-refractivity contribution in [2.45, 2.75) is 31.7 Å². The number of hydrogen-bond donors (Lipinski definition) is 2. The second-order valence-electron chi connectivity index (χ2n) is 9.95. The first kappa shape index (κ1) is 32.0. The molecule has 0 spiro atoms. The fourth-order valence-electron chi connectivity index (χ4n) is 4.67. The Balaban J connectivity index is 0.00000441. The van der Waals surface area contributed by atoms with Gasteiger partial charge in [0, 0.05) is 56.0 Å². The molecule has 1 aliphatic rings. The summed E-state index contributed by atoms with van der Waals surface area (Å²) in [6.45, 7) is 7.54. The number of ether oxygens (including phenoxy) is 1. The fourth-order valence-corrected chi connectivity index (χ4v) is 4.80. The van der Waals surface area contributed by atoms with Gasteiger partial charge in [0.05, 0.1) is 11.7 Å². The minimum Gasteiger partial charge on any atom is -0.492 e. The Morgan fingerprint density at radius 2 is 1.65 bits per heavy atom. The zero-order valence-electron chi connectivity index (χ0n) is 22.4. The summed E-state index contributed by atoms with van der Waals surface area (Å²) >= 11 is 5.99. The van der Waals surface area contributed by atoms with Crippen LogP contribution in [0.15, 0.2) is 72.8 Å². The van der Waals surface area contributed by atoms with Crippen molar-refractivity contribution in [2.24, 2.45) is 0 Å². The maximum absolute atomic E-state index is 12.9. The smallest absolute Gasteiger partial charge is 0.416 e. The van der Waals surface area contributed by atoms with Crippen LogP contribution in [0.4, 0.5) is 18.9 Å². The zero-order valence-corrected chi connectivity index (χ0v) is 24.0. The molecule has 0 bridgehead atoms. The Morgan fingerprint density at radius 1 is 0.975 bits per heavy atom. The van der Waals surface area contributed by atoms with E-state index in [9.17, 15) is 18.3 Å². The Hall–Kier alpha value is -2.49. The van der Waals surface area contributed by atoms with Gasteiger partial charge < -0.3 is 20.1 Å². The molecule has 2 N–H and O–H groups in total. The zero-order chi connectivity index (χ0) is 27.8. The Bertz CT molecular complexity index is 1170. The molecule has 3 aromatic rings. The lowest BCUT2D eigenvalue weighted by Crippen LogP contribution is -2.47. The maximum Gasteiger partial charge on any atom is 0.416 e. The molecule has 40 heavy (non-hydrogen) atoms. The molecule has 1 saturated heterocycles. The molecule has 10 heteroatoms. The van der Waals surface area contributed by atoms with Crippen molar-refractivity contribution in [3.63, 3.8) is 0 Å². The molecular weight excluding hydrogens is 562 g/mol. The second kappa shape index (κ2) is 14.9. The number of benzene rings is 3. The molecule has 0 aromatic heterocycles. The number of piperazine rings is 1. The summed E-state index contributed by atoms with van der Waals surface area (Å²) in [5.41, 5.74) is 1.79. The van der Waals surface area contributed by atoms with Gasteiger partial charge in [0.2, 0.25) is 0 Å². The molecule has 0 aliphatic carbocycles. The highest BCUT2D eigenvalue weighted by atomic mass is 35.5. The van der Waals surface area contributed by atoms with Gasteiger partial charge in [0.1, 0.15) is 12.4 Å². The Morgan fingerprint density at radius 3 is 2.30 bits per heavy atom. The van der Waals surface area contributed by atoms with Crippen LogP contribution in [0, 0.1) is 0 Å². The Kier molecular flexibility index (Phi) is 12.0. The SMILES string of the molecule is CC(Cc1ccc(OCCN2CCN(c3ccc(Cl)cc3)CC2)cc1)NCC(O)c1cccc(C(F)(F)F)c1.Cl. The van der Waals surface area contributed by atoms with E-state index in [1.165, 1.54) is 17.8 Å². The first-order chi connectivity index (χ1) is 18.7. The summed E-state index contributed by atoms with van der Waals surface area (Å²) < 4.78 is 44.8. The highest BCUT2D eigenvalue weighted by Crippen LogP contribution is 2.30. The predicted molar refractivity (Wildman–Crippen MR) is 157 cm³/mol. The van der Waals surface area contributed by atoms with Gasteiger partial charge in [0.15, 0.2) is 0 Å². The van der Waals surface area contributed by atoms with Crippen LogP contribution >= 0.6 is 24.0 Å². The van der Waals surface area contributed by atoms with E-state index in [4.69, 9.17) is 16.3 Å². The lowest BCUT2D eigenvalue weighted by atomic mass is 10.0. The van der Waals surface area contributed by atoms with Crippen molar-refractivity contribution in [1.82, 2.24) is 10.2 Å². The highest BCUT2D eigenvalue weighted by Gasteiger charge is 2.30. The average Bonchev–Trinajstić information content (AvgIpc) is 2.93. The first-order valence-corrected chi connectivity index (χ1v) is 13.6. The number of hydrogen-bond acceptors (Lipinski definition) is 5. The number of rotatable bonds is 11. The lowest BCUT2D eigenvalue weighted by molar-refractivity contribution is -0.137. The van der Waals surface area contributed by atoms with Gasteiger partial charge >= 0.3 is 6.18 Å². The highest BCUT2D eigenvalue weighted by molar-refractivity contribution is 6.30. The van der Waals surface area contributed by atoms with Gasteiger partial charge in [-0.15, -0.1) is 12.4 Å².